The molecule has 7 nitrogen and oxygen atoms in total. The average Bonchev–Trinajstić information content (AvgIpc) is 2.94. The minimum atomic E-state index is 0.227. The quantitative estimate of drug-likeness (QED) is 0.853. The number of carbonyl (C=O) groups is 1. The van der Waals surface area contributed by atoms with E-state index in [2.05, 4.69) is 15.3 Å². The van der Waals surface area contributed by atoms with E-state index in [9.17, 15) is 4.79 Å². The summed E-state index contributed by atoms with van der Waals surface area (Å²) < 4.78 is 7.54. The number of nitrogens with zero attached hydrogens (tertiary/aromatic N) is 5. The van der Waals surface area contributed by atoms with Crippen LogP contribution < -0.4 is 4.74 Å². The Morgan fingerprint density at radius 1 is 1.30 bits per heavy atom. The van der Waals surface area contributed by atoms with Crippen molar-refractivity contribution >= 4 is 5.91 Å². The zero-order chi connectivity index (χ0) is 15.6. The molecule has 2 aromatic rings. The van der Waals surface area contributed by atoms with Crippen molar-refractivity contribution in [2.75, 3.05) is 6.54 Å². The highest BCUT2D eigenvalue weighted by Crippen LogP contribution is 2.29. The van der Waals surface area contributed by atoms with E-state index in [4.69, 9.17) is 4.74 Å². The van der Waals surface area contributed by atoms with E-state index in [-0.39, 0.29) is 11.8 Å². The molecule has 0 aromatic carbocycles. The number of pyridine rings is 1. The van der Waals surface area contributed by atoms with Crippen LogP contribution in [0.5, 0.6) is 5.88 Å². The van der Waals surface area contributed by atoms with Crippen LogP contribution in [0.15, 0.2) is 24.4 Å². The van der Waals surface area contributed by atoms with Crippen molar-refractivity contribution in [2.24, 2.45) is 5.92 Å². The van der Waals surface area contributed by atoms with Crippen LogP contribution in [0.25, 0.3) is 0 Å². The van der Waals surface area contributed by atoms with E-state index in [0.29, 0.717) is 32.1 Å². The number of hydrogen-bond donors (Lipinski definition) is 0. The first-order valence-electron chi connectivity index (χ1n) is 8.05. The highest BCUT2D eigenvalue weighted by atomic mass is 16.5. The monoisotopic (exact) mass is 313 g/mol. The molecular weight excluding hydrogens is 294 g/mol. The first-order valence-corrected chi connectivity index (χ1v) is 8.05. The maximum atomic E-state index is 12.4. The first kappa shape index (κ1) is 14.2. The highest BCUT2D eigenvalue weighted by molar-refractivity contribution is 5.79. The van der Waals surface area contributed by atoms with E-state index < -0.39 is 0 Å². The fourth-order valence-electron chi connectivity index (χ4n) is 2.98. The third-order valence-electron chi connectivity index (χ3n) is 4.60. The van der Waals surface area contributed by atoms with Gasteiger partial charge in [0.25, 0.3) is 0 Å². The minimum absolute atomic E-state index is 0.227. The third-order valence-corrected chi connectivity index (χ3v) is 4.60. The van der Waals surface area contributed by atoms with Crippen molar-refractivity contribution in [3.05, 3.63) is 35.8 Å². The van der Waals surface area contributed by atoms with Crippen LogP contribution in [0.1, 0.15) is 30.7 Å². The van der Waals surface area contributed by atoms with Gasteiger partial charge in [0, 0.05) is 24.7 Å². The maximum Gasteiger partial charge on any atom is 0.226 e. The number of ether oxygens (including phenoxy) is 1. The summed E-state index contributed by atoms with van der Waals surface area (Å²) in [5.41, 5.74) is 1.75. The second-order valence-electron chi connectivity index (χ2n) is 6.05. The lowest BCUT2D eigenvalue weighted by molar-refractivity contribution is -0.139. The molecule has 0 spiro atoms. The Morgan fingerprint density at radius 2 is 2.22 bits per heavy atom. The zero-order valence-corrected chi connectivity index (χ0v) is 12.9. The van der Waals surface area contributed by atoms with Crippen LogP contribution in [0.2, 0.25) is 0 Å². The number of rotatable bonds is 4. The number of fused-ring (bicyclic) bond motifs is 1. The van der Waals surface area contributed by atoms with Gasteiger partial charge in [-0.15, -0.1) is 5.10 Å². The predicted octanol–water partition coefficient (Wildman–Crippen LogP) is 1.39. The van der Waals surface area contributed by atoms with Gasteiger partial charge in [-0.05, 0) is 18.9 Å². The molecule has 0 N–H and O–H groups in total. The fourth-order valence-corrected chi connectivity index (χ4v) is 2.98. The second kappa shape index (κ2) is 5.98. The normalized spacial score (nSPS) is 17.5. The lowest BCUT2D eigenvalue weighted by atomic mass is 9.84. The largest absolute Gasteiger partial charge is 0.471 e. The maximum absolute atomic E-state index is 12.4. The van der Waals surface area contributed by atoms with Gasteiger partial charge in [0.05, 0.1) is 18.8 Å². The smallest absolute Gasteiger partial charge is 0.226 e. The molecule has 2 aliphatic rings. The molecule has 0 atom stereocenters. The molecule has 7 heteroatoms. The van der Waals surface area contributed by atoms with Gasteiger partial charge in [-0.1, -0.05) is 17.7 Å². The van der Waals surface area contributed by atoms with E-state index in [1.807, 2.05) is 27.8 Å². The highest BCUT2D eigenvalue weighted by Gasteiger charge is 2.32. The minimum Gasteiger partial charge on any atom is -0.471 e. The summed E-state index contributed by atoms with van der Waals surface area (Å²) in [4.78, 5) is 18.5. The van der Waals surface area contributed by atoms with Gasteiger partial charge in [-0.2, -0.15) is 0 Å². The molecule has 0 unspecified atom stereocenters. The topological polar surface area (TPSA) is 73.1 Å². The summed E-state index contributed by atoms with van der Waals surface area (Å²) in [6.45, 7) is 2.30. The summed E-state index contributed by atoms with van der Waals surface area (Å²) in [7, 11) is 0. The molecule has 0 radical (unpaired) electrons. The zero-order valence-electron chi connectivity index (χ0n) is 12.9. The Morgan fingerprint density at radius 3 is 2.96 bits per heavy atom. The second-order valence-corrected chi connectivity index (χ2v) is 6.05. The number of carbonyl (C=O) groups excluding carboxylic acids is 1. The van der Waals surface area contributed by atoms with Gasteiger partial charge in [-0.3, -0.25) is 4.79 Å². The SMILES string of the molecule is O=C(C1CCC1)N1CCn2nnc(COc3ccccn3)c2C1. The Labute approximate surface area is 134 Å². The van der Waals surface area contributed by atoms with Crippen LogP contribution in [0.4, 0.5) is 0 Å². The van der Waals surface area contributed by atoms with Crippen molar-refractivity contribution in [3.8, 4) is 5.88 Å². The van der Waals surface area contributed by atoms with Gasteiger partial charge < -0.3 is 9.64 Å². The van der Waals surface area contributed by atoms with Crippen LogP contribution in [0, 0.1) is 5.92 Å². The molecule has 0 saturated heterocycles. The summed E-state index contributed by atoms with van der Waals surface area (Å²) >= 11 is 0. The summed E-state index contributed by atoms with van der Waals surface area (Å²) in [6, 6.07) is 5.53. The van der Waals surface area contributed by atoms with Gasteiger partial charge in [0.1, 0.15) is 12.3 Å². The van der Waals surface area contributed by atoms with Crippen LogP contribution in [-0.2, 0) is 24.5 Å². The molecule has 3 heterocycles. The van der Waals surface area contributed by atoms with Gasteiger partial charge >= 0.3 is 0 Å². The average molecular weight is 313 g/mol. The Balaban J connectivity index is 1.45. The van der Waals surface area contributed by atoms with Crippen LogP contribution in [-0.4, -0.2) is 37.3 Å². The summed E-state index contributed by atoms with van der Waals surface area (Å²) in [5.74, 6) is 1.07. The molecule has 1 amide bonds. The predicted molar refractivity (Wildman–Crippen MR) is 81.3 cm³/mol. The fraction of sp³-hybridized carbons (Fsp3) is 0.500. The van der Waals surface area contributed by atoms with Crippen molar-refractivity contribution in [2.45, 2.75) is 39.0 Å². The van der Waals surface area contributed by atoms with E-state index in [1.165, 1.54) is 6.42 Å². The molecule has 0 bridgehead atoms. The Hall–Kier alpha value is -2.44. The molecular formula is C16H19N5O2. The Kier molecular flexibility index (Phi) is 3.69. The van der Waals surface area contributed by atoms with Gasteiger partial charge in [0.15, 0.2) is 0 Å². The van der Waals surface area contributed by atoms with Crippen molar-refractivity contribution in [1.82, 2.24) is 24.9 Å². The van der Waals surface area contributed by atoms with Crippen molar-refractivity contribution < 1.29 is 9.53 Å². The number of aromatic nitrogens is 4. The molecule has 23 heavy (non-hydrogen) atoms. The molecule has 120 valence electrons. The lowest BCUT2D eigenvalue weighted by Crippen LogP contribution is -2.43. The van der Waals surface area contributed by atoms with E-state index in [1.54, 1.807) is 6.20 Å². The standard InChI is InChI=1S/C16H19N5O2/c22-16(12-4-3-5-12)20-8-9-21-14(10-20)13(18-19-21)11-23-15-6-1-2-7-17-15/h1-2,6-7,12H,3-5,8-11H2. The number of amides is 1. The number of hydrogen-bond acceptors (Lipinski definition) is 5. The molecule has 1 saturated carbocycles. The molecule has 1 aliphatic heterocycles. The lowest BCUT2D eigenvalue weighted by Gasteiger charge is -2.34. The van der Waals surface area contributed by atoms with Crippen molar-refractivity contribution in [3.63, 3.8) is 0 Å². The van der Waals surface area contributed by atoms with Crippen molar-refractivity contribution in [1.29, 1.82) is 0 Å². The van der Waals surface area contributed by atoms with E-state index >= 15 is 0 Å². The van der Waals surface area contributed by atoms with Gasteiger partial charge in [0.2, 0.25) is 11.8 Å². The molecule has 1 fully saturated rings. The molecule has 4 rings (SSSR count). The molecule has 1 aliphatic carbocycles. The summed E-state index contributed by atoms with van der Waals surface area (Å²) in [5, 5.41) is 8.38. The van der Waals surface area contributed by atoms with Crippen LogP contribution >= 0.6 is 0 Å². The Bertz CT molecular complexity index is 696. The first-order chi connectivity index (χ1) is 11.3. The van der Waals surface area contributed by atoms with E-state index in [0.717, 1.165) is 24.2 Å². The summed E-state index contributed by atoms with van der Waals surface area (Å²) in [6.07, 6.45) is 4.92. The van der Waals surface area contributed by atoms with Gasteiger partial charge in [-0.25, -0.2) is 9.67 Å². The van der Waals surface area contributed by atoms with Crippen LogP contribution in [0.3, 0.4) is 0 Å². The molecule has 2 aromatic heterocycles. The third kappa shape index (κ3) is 2.78.